The summed E-state index contributed by atoms with van der Waals surface area (Å²) in [5.74, 6) is -0.515. The van der Waals surface area contributed by atoms with Crippen molar-refractivity contribution in [3.05, 3.63) is 58.9 Å². The lowest BCUT2D eigenvalue weighted by atomic mass is 10.0. The highest BCUT2D eigenvalue weighted by Crippen LogP contribution is 2.30. The summed E-state index contributed by atoms with van der Waals surface area (Å²) in [7, 11) is 1.35. The number of rotatable bonds is 5. The summed E-state index contributed by atoms with van der Waals surface area (Å²) in [5.41, 5.74) is 9.05. The van der Waals surface area contributed by atoms with Crippen LogP contribution in [0.2, 0.25) is 5.02 Å². The number of nitrogens with zero attached hydrogens (tertiary/aromatic N) is 3. The average Bonchev–Trinajstić information content (AvgIpc) is 3.28. The zero-order valence-corrected chi connectivity index (χ0v) is 17.9. The first-order valence-electron chi connectivity index (χ1n) is 10.1. The molecule has 0 bridgehead atoms. The third-order valence-electron chi connectivity index (χ3n) is 5.56. The number of amides is 1. The van der Waals surface area contributed by atoms with Crippen LogP contribution in [0.3, 0.4) is 0 Å². The fraction of sp³-hybridized carbons (Fsp3) is 0.318. The van der Waals surface area contributed by atoms with E-state index >= 15 is 0 Å². The SMILES string of the molecule is COC(=O)c1cnc2[nH]ccc2c1N1CCN(C(=O)C(N)Cc2ccc(Cl)cc2)CC1. The molecule has 4 rings (SSSR count). The molecule has 1 saturated heterocycles. The summed E-state index contributed by atoms with van der Waals surface area (Å²) in [4.78, 5) is 36.4. The maximum absolute atomic E-state index is 12.9. The van der Waals surface area contributed by atoms with Crippen molar-refractivity contribution in [2.24, 2.45) is 5.73 Å². The molecule has 162 valence electrons. The molecule has 31 heavy (non-hydrogen) atoms. The number of ether oxygens (including phenoxy) is 1. The monoisotopic (exact) mass is 441 g/mol. The van der Waals surface area contributed by atoms with Crippen molar-refractivity contribution in [1.82, 2.24) is 14.9 Å². The van der Waals surface area contributed by atoms with Crippen LogP contribution in [0.25, 0.3) is 11.0 Å². The lowest BCUT2D eigenvalue weighted by Gasteiger charge is -2.37. The van der Waals surface area contributed by atoms with Gasteiger partial charge in [-0.25, -0.2) is 9.78 Å². The highest BCUT2D eigenvalue weighted by atomic mass is 35.5. The number of aromatic nitrogens is 2. The van der Waals surface area contributed by atoms with Gasteiger partial charge < -0.3 is 25.3 Å². The van der Waals surface area contributed by atoms with Crippen LogP contribution in [0.1, 0.15) is 15.9 Å². The van der Waals surface area contributed by atoms with Crippen molar-refractivity contribution in [2.45, 2.75) is 12.5 Å². The number of aromatic amines is 1. The van der Waals surface area contributed by atoms with Crippen LogP contribution >= 0.6 is 11.6 Å². The fourth-order valence-electron chi connectivity index (χ4n) is 3.94. The molecular weight excluding hydrogens is 418 g/mol. The molecule has 3 heterocycles. The van der Waals surface area contributed by atoms with E-state index in [1.165, 1.54) is 13.3 Å². The van der Waals surface area contributed by atoms with E-state index in [2.05, 4.69) is 14.9 Å². The molecule has 1 aromatic carbocycles. The van der Waals surface area contributed by atoms with Crippen molar-refractivity contribution in [1.29, 1.82) is 0 Å². The van der Waals surface area contributed by atoms with Crippen LogP contribution in [0.5, 0.6) is 0 Å². The van der Waals surface area contributed by atoms with Gasteiger partial charge in [0.1, 0.15) is 11.2 Å². The topological polar surface area (TPSA) is 105 Å². The van der Waals surface area contributed by atoms with Crippen molar-refractivity contribution in [3.8, 4) is 0 Å². The summed E-state index contributed by atoms with van der Waals surface area (Å²) in [6.45, 7) is 2.19. The highest BCUT2D eigenvalue weighted by molar-refractivity contribution is 6.30. The van der Waals surface area contributed by atoms with Crippen molar-refractivity contribution in [2.75, 3.05) is 38.2 Å². The third kappa shape index (κ3) is 4.35. The molecule has 1 aliphatic heterocycles. The number of methoxy groups -OCH3 is 1. The molecule has 1 unspecified atom stereocenters. The normalized spacial score (nSPS) is 15.2. The van der Waals surface area contributed by atoms with E-state index in [0.29, 0.717) is 48.8 Å². The molecule has 0 saturated carbocycles. The number of hydrogen-bond donors (Lipinski definition) is 2. The lowest BCUT2D eigenvalue weighted by molar-refractivity contribution is -0.132. The van der Waals surface area contributed by atoms with Gasteiger partial charge in [-0.3, -0.25) is 4.79 Å². The van der Waals surface area contributed by atoms with Gasteiger partial charge in [0.2, 0.25) is 5.91 Å². The Morgan fingerprint density at radius 2 is 1.90 bits per heavy atom. The van der Waals surface area contributed by atoms with Crippen LogP contribution in [-0.2, 0) is 16.0 Å². The second-order valence-electron chi connectivity index (χ2n) is 7.50. The van der Waals surface area contributed by atoms with Gasteiger partial charge in [-0.1, -0.05) is 23.7 Å². The molecule has 1 amide bonds. The highest BCUT2D eigenvalue weighted by Gasteiger charge is 2.28. The number of halogens is 1. The standard InChI is InChI=1S/C22H24ClN5O3/c1-31-22(30)17-13-26-20-16(6-7-25-20)19(17)27-8-10-28(11-9-27)21(29)18(24)12-14-2-4-15(23)5-3-14/h2-7,13,18H,8-12,24H2,1H3,(H,25,26). The molecular formula is C22H24ClN5O3. The van der Waals surface area contributed by atoms with E-state index in [1.807, 2.05) is 18.2 Å². The zero-order valence-electron chi connectivity index (χ0n) is 17.2. The van der Waals surface area contributed by atoms with Crippen molar-refractivity contribution >= 4 is 40.2 Å². The molecule has 0 spiro atoms. The minimum Gasteiger partial charge on any atom is -0.465 e. The maximum atomic E-state index is 12.9. The van der Waals surface area contributed by atoms with Gasteiger partial charge in [0, 0.05) is 49.0 Å². The molecule has 3 N–H and O–H groups in total. The van der Waals surface area contributed by atoms with E-state index in [9.17, 15) is 9.59 Å². The van der Waals surface area contributed by atoms with Gasteiger partial charge in [-0.2, -0.15) is 0 Å². The largest absolute Gasteiger partial charge is 0.465 e. The predicted molar refractivity (Wildman–Crippen MR) is 119 cm³/mol. The smallest absolute Gasteiger partial charge is 0.341 e. The molecule has 3 aromatic rings. The predicted octanol–water partition coefficient (Wildman–Crippen LogP) is 2.22. The number of pyridine rings is 1. The van der Waals surface area contributed by atoms with Crippen LogP contribution in [0.4, 0.5) is 5.69 Å². The van der Waals surface area contributed by atoms with E-state index in [1.54, 1.807) is 23.2 Å². The second-order valence-corrected chi connectivity index (χ2v) is 7.94. The zero-order chi connectivity index (χ0) is 22.0. The first kappa shape index (κ1) is 21.1. The van der Waals surface area contributed by atoms with Gasteiger partial charge in [0.15, 0.2) is 0 Å². The van der Waals surface area contributed by atoms with Crippen LogP contribution in [-0.4, -0.2) is 66.1 Å². The van der Waals surface area contributed by atoms with Crippen LogP contribution < -0.4 is 10.6 Å². The number of piperazine rings is 1. The van der Waals surface area contributed by atoms with Gasteiger partial charge in [0.05, 0.1) is 18.8 Å². The minimum absolute atomic E-state index is 0.0793. The number of H-pyrrole nitrogens is 1. The van der Waals surface area contributed by atoms with Crippen molar-refractivity contribution < 1.29 is 14.3 Å². The summed E-state index contributed by atoms with van der Waals surface area (Å²) in [6, 6.07) is 8.63. The Labute approximate surface area is 184 Å². The first-order valence-corrected chi connectivity index (χ1v) is 10.4. The number of nitrogens with two attached hydrogens (primary N) is 1. The number of esters is 1. The number of benzene rings is 1. The molecule has 0 aliphatic carbocycles. The summed E-state index contributed by atoms with van der Waals surface area (Å²) >= 11 is 5.92. The van der Waals surface area contributed by atoms with Gasteiger partial charge >= 0.3 is 5.97 Å². The molecule has 9 heteroatoms. The number of carbonyl (C=O) groups excluding carboxylic acids is 2. The Hall–Kier alpha value is -3.10. The summed E-state index contributed by atoms with van der Waals surface area (Å²) in [5, 5.41) is 1.50. The van der Waals surface area contributed by atoms with Gasteiger partial charge in [-0.05, 0) is 30.2 Å². The van der Waals surface area contributed by atoms with Gasteiger partial charge in [0.25, 0.3) is 0 Å². The molecule has 8 nitrogen and oxygen atoms in total. The number of anilines is 1. The third-order valence-corrected chi connectivity index (χ3v) is 5.81. The second kappa shape index (κ2) is 8.95. The first-order chi connectivity index (χ1) is 15.0. The maximum Gasteiger partial charge on any atom is 0.341 e. The van der Waals surface area contributed by atoms with E-state index in [0.717, 1.165) is 16.6 Å². The van der Waals surface area contributed by atoms with Gasteiger partial charge in [-0.15, -0.1) is 0 Å². The molecule has 2 aromatic heterocycles. The molecule has 1 atom stereocenters. The number of hydrogen-bond acceptors (Lipinski definition) is 6. The Balaban J connectivity index is 1.46. The average molecular weight is 442 g/mol. The summed E-state index contributed by atoms with van der Waals surface area (Å²) in [6.07, 6.45) is 3.77. The molecule has 0 radical (unpaired) electrons. The Kier molecular flexibility index (Phi) is 6.11. The summed E-state index contributed by atoms with van der Waals surface area (Å²) < 4.78 is 4.94. The molecule has 1 aliphatic rings. The van der Waals surface area contributed by atoms with E-state index < -0.39 is 12.0 Å². The number of carbonyl (C=O) groups is 2. The Morgan fingerprint density at radius 3 is 2.58 bits per heavy atom. The lowest BCUT2D eigenvalue weighted by Crippen LogP contribution is -2.54. The van der Waals surface area contributed by atoms with Crippen LogP contribution in [0, 0.1) is 0 Å². The Bertz CT molecular complexity index is 1090. The fourth-order valence-corrected chi connectivity index (χ4v) is 4.07. The van der Waals surface area contributed by atoms with E-state index in [4.69, 9.17) is 22.1 Å². The number of nitrogens with one attached hydrogen (secondary N) is 1. The van der Waals surface area contributed by atoms with Crippen molar-refractivity contribution in [3.63, 3.8) is 0 Å². The minimum atomic E-state index is -0.615. The Morgan fingerprint density at radius 1 is 1.19 bits per heavy atom. The number of fused-ring (bicyclic) bond motifs is 1. The quantitative estimate of drug-likeness (QED) is 0.588. The van der Waals surface area contributed by atoms with Crippen LogP contribution in [0.15, 0.2) is 42.7 Å². The van der Waals surface area contributed by atoms with E-state index in [-0.39, 0.29) is 5.91 Å². The molecule has 1 fully saturated rings.